The van der Waals surface area contributed by atoms with Gasteiger partial charge in [-0.05, 0) is 25.0 Å². The summed E-state index contributed by atoms with van der Waals surface area (Å²) in [4.78, 5) is 24.8. The van der Waals surface area contributed by atoms with Crippen LogP contribution in [0.1, 0.15) is 12.0 Å². The van der Waals surface area contributed by atoms with Crippen molar-refractivity contribution in [2.75, 3.05) is 25.0 Å². The number of rotatable bonds is 4. The van der Waals surface area contributed by atoms with Crippen molar-refractivity contribution in [3.05, 3.63) is 29.8 Å². The molecule has 1 aliphatic rings. The van der Waals surface area contributed by atoms with E-state index in [-0.39, 0.29) is 19.0 Å². The number of carbonyl (C=O) groups is 2. The number of hydrogen-bond donors (Lipinski definition) is 3. The number of para-hydroxylation sites is 1. The Morgan fingerprint density at radius 3 is 2.75 bits per heavy atom. The predicted molar refractivity (Wildman–Crippen MR) is 75.4 cm³/mol. The van der Waals surface area contributed by atoms with E-state index in [0.717, 1.165) is 11.3 Å². The Morgan fingerprint density at radius 1 is 1.45 bits per heavy atom. The molecule has 1 amide bonds. The number of nitrogens with two attached hydrogens (primary N) is 1. The lowest BCUT2D eigenvalue weighted by molar-refractivity contribution is -0.143. The van der Waals surface area contributed by atoms with E-state index in [0.29, 0.717) is 13.0 Å². The number of carboxylic acids is 1. The molecule has 0 saturated carbocycles. The molecular formula is C14H19N3O3. The van der Waals surface area contributed by atoms with Gasteiger partial charge >= 0.3 is 5.97 Å². The molecule has 1 aromatic carbocycles. The number of nitrogens with zero attached hydrogens (tertiary/aromatic N) is 1. The maximum absolute atomic E-state index is 12.0. The summed E-state index contributed by atoms with van der Waals surface area (Å²) < 4.78 is 0. The number of carboxylic acid groups (broad SMARTS) is 1. The quantitative estimate of drug-likeness (QED) is 0.741. The van der Waals surface area contributed by atoms with Crippen LogP contribution in [0.2, 0.25) is 0 Å². The molecule has 0 radical (unpaired) electrons. The largest absolute Gasteiger partial charge is 0.480 e. The van der Waals surface area contributed by atoms with E-state index in [9.17, 15) is 9.59 Å². The van der Waals surface area contributed by atoms with Crippen LogP contribution in [-0.2, 0) is 9.59 Å². The zero-order chi connectivity index (χ0) is 14.8. The molecule has 1 heterocycles. The Bertz CT molecular complexity index is 532. The van der Waals surface area contributed by atoms with E-state index in [2.05, 4.69) is 5.32 Å². The summed E-state index contributed by atoms with van der Waals surface area (Å²) in [5.41, 5.74) is 6.30. The van der Waals surface area contributed by atoms with Crippen molar-refractivity contribution in [1.29, 1.82) is 0 Å². The van der Waals surface area contributed by atoms with Gasteiger partial charge in [0.25, 0.3) is 0 Å². The summed E-state index contributed by atoms with van der Waals surface area (Å²) in [6.45, 7) is 2.79. The lowest BCUT2D eigenvalue weighted by Crippen LogP contribution is -2.50. The van der Waals surface area contributed by atoms with Gasteiger partial charge in [0.05, 0.1) is 6.54 Å². The number of likely N-dealkylation sites (tertiary alicyclic amines) is 1. The molecular weight excluding hydrogens is 258 g/mol. The minimum Gasteiger partial charge on any atom is -0.480 e. The van der Waals surface area contributed by atoms with E-state index in [1.54, 1.807) is 4.90 Å². The number of nitrogens with one attached hydrogen (secondary N) is 1. The van der Waals surface area contributed by atoms with E-state index in [4.69, 9.17) is 10.8 Å². The van der Waals surface area contributed by atoms with Crippen molar-refractivity contribution in [2.24, 2.45) is 5.73 Å². The standard InChI is InChI=1S/C14H19N3O3/c1-10-4-2-3-5-11(10)16-12(18)8-17-7-6-14(15,9-17)13(19)20/h2-5H,6-9,15H2,1H3,(H,16,18)(H,19,20). The minimum absolute atomic E-state index is 0.153. The van der Waals surface area contributed by atoms with Crippen LogP contribution in [-0.4, -0.2) is 47.1 Å². The molecule has 0 bridgehead atoms. The number of aliphatic carboxylic acids is 1. The number of aryl methyl sites for hydroxylation is 1. The zero-order valence-corrected chi connectivity index (χ0v) is 11.4. The van der Waals surface area contributed by atoms with E-state index < -0.39 is 11.5 Å². The van der Waals surface area contributed by atoms with Crippen LogP contribution in [0.25, 0.3) is 0 Å². The Labute approximate surface area is 117 Å². The highest BCUT2D eigenvalue weighted by atomic mass is 16.4. The van der Waals surface area contributed by atoms with Gasteiger partial charge < -0.3 is 16.2 Å². The molecule has 1 fully saturated rings. The minimum atomic E-state index is -1.23. The van der Waals surface area contributed by atoms with E-state index in [1.807, 2.05) is 31.2 Å². The number of amides is 1. The van der Waals surface area contributed by atoms with Gasteiger partial charge in [0.15, 0.2) is 0 Å². The van der Waals surface area contributed by atoms with Crippen molar-refractivity contribution >= 4 is 17.6 Å². The van der Waals surface area contributed by atoms with Crippen LogP contribution in [0, 0.1) is 6.92 Å². The van der Waals surface area contributed by atoms with Gasteiger partial charge in [0.2, 0.25) is 5.91 Å². The molecule has 1 atom stereocenters. The second-order valence-corrected chi connectivity index (χ2v) is 5.29. The monoisotopic (exact) mass is 277 g/mol. The second-order valence-electron chi connectivity index (χ2n) is 5.29. The summed E-state index contributed by atoms with van der Waals surface area (Å²) in [6.07, 6.45) is 0.361. The summed E-state index contributed by atoms with van der Waals surface area (Å²) in [6, 6.07) is 7.51. The third-order valence-electron chi connectivity index (χ3n) is 3.59. The van der Waals surface area contributed by atoms with Gasteiger partial charge in [-0.2, -0.15) is 0 Å². The predicted octanol–water partition coefficient (Wildman–Crippen LogP) is 0.421. The second kappa shape index (κ2) is 5.60. The van der Waals surface area contributed by atoms with Crippen LogP contribution in [0.15, 0.2) is 24.3 Å². The fourth-order valence-electron chi connectivity index (χ4n) is 2.33. The molecule has 6 heteroatoms. The Morgan fingerprint density at radius 2 is 2.15 bits per heavy atom. The van der Waals surface area contributed by atoms with Crippen LogP contribution in [0.4, 0.5) is 5.69 Å². The molecule has 0 spiro atoms. The number of benzene rings is 1. The molecule has 108 valence electrons. The Hall–Kier alpha value is -1.92. The maximum atomic E-state index is 12.0. The van der Waals surface area contributed by atoms with E-state index >= 15 is 0 Å². The smallest absolute Gasteiger partial charge is 0.325 e. The molecule has 0 aromatic heterocycles. The first-order valence-electron chi connectivity index (χ1n) is 6.51. The van der Waals surface area contributed by atoms with Crippen LogP contribution < -0.4 is 11.1 Å². The Balaban J connectivity index is 1.91. The van der Waals surface area contributed by atoms with Crippen molar-refractivity contribution in [1.82, 2.24) is 4.90 Å². The molecule has 1 saturated heterocycles. The summed E-state index contributed by atoms with van der Waals surface area (Å²) in [5, 5.41) is 11.9. The molecule has 1 aliphatic heterocycles. The highest BCUT2D eigenvalue weighted by Crippen LogP contribution is 2.19. The van der Waals surface area contributed by atoms with Gasteiger partial charge in [-0.3, -0.25) is 14.5 Å². The zero-order valence-electron chi connectivity index (χ0n) is 11.4. The lowest BCUT2D eigenvalue weighted by Gasteiger charge is -2.19. The maximum Gasteiger partial charge on any atom is 0.325 e. The molecule has 1 aromatic rings. The molecule has 6 nitrogen and oxygen atoms in total. The Kier molecular flexibility index (Phi) is 4.06. The normalized spacial score (nSPS) is 22.7. The molecule has 4 N–H and O–H groups in total. The van der Waals surface area contributed by atoms with Gasteiger partial charge in [0, 0.05) is 18.8 Å². The van der Waals surface area contributed by atoms with Crippen molar-refractivity contribution in [3.63, 3.8) is 0 Å². The van der Waals surface area contributed by atoms with Crippen LogP contribution in [0.3, 0.4) is 0 Å². The molecule has 20 heavy (non-hydrogen) atoms. The first kappa shape index (κ1) is 14.5. The number of carbonyl (C=O) groups excluding carboxylic acids is 1. The first-order chi connectivity index (χ1) is 9.40. The molecule has 2 rings (SSSR count). The summed E-state index contributed by atoms with van der Waals surface area (Å²) >= 11 is 0. The average Bonchev–Trinajstić information content (AvgIpc) is 2.75. The lowest BCUT2D eigenvalue weighted by atomic mass is 10.0. The topological polar surface area (TPSA) is 95.7 Å². The fourth-order valence-corrected chi connectivity index (χ4v) is 2.33. The molecule has 0 aliphatic carbocycles. The SMILES string of the molecule is Cc1ccccc1NC(=O)CN1CCC(N)(C(=O)O)C1. The summed E-state index contributed by atoms with van der Waals surface area (Å²) in [7, 11) is 0. The van der Waals surface area contributed by atoms with Gasteiger partial charge in [-0.1, -0.05) is 18.2 Å². The van der Waals surface area contributed by atoms with Gasteiger partial charge in [-0.25, -0.2) is 0 Å². The number of hydrogen-bond acceptors (Lipinski definition) is 4. The van der Waals surface area contributed by atoms with E-state index in [1.165, 1.54) is 0 Å². The third-order valence-corrected chi connectivity index (χ3v) is 3.59. The first-order valence-corrected chi connectivity index (χ1v) is 6.51. The number of anilines is 1. The summed E-state index contributed by atoms with van der Waals surface area (Å²) in [5.74, 6) is -1.17. The van der Waals surface area contributed by atoms with Crippen molar-refractivity contribution in [2.45, 2.75) is 18.9 Å². The highest BCUT2D eigenvalue weighted by molar-refractivity contribution is 5.93. The molecule has 1 unspecified atom stereocenters. The van der Waals surface area contributed by atoms with Crippen molar-refractivity contribution < 1.29 is 14.7 Å². The van der Waals surface area contributed by atoms with Gasteiger partial charge in [0.1, 0.15) is 5.54 Å². The van der Waals surface area contributed by atoms with Crippen molar-refractivity contribution in [3.8, 4) is 0 Å². The highest BCUT2D eigenvalue weighted by Gasteiger charge is 2.41. The van der Waals surface area contributed by atoms with Gasteiger partial charge in [-0.15, -0.1) is 0 Å². The average molecular weight is 277 g/mol. The fraction of sp³-hybridized carbons (Fsp3) is 0.429. The van der Waals surface area contributed by atoms with Crippen LogP contribution in [0.5, 0.6) is 0 Å². The van der Waals surface area contributed by atoms with Crippen LogP contribution >= 0.6 is 0 Å². The third kappa shape index (κ3) is 3.15.